The Labute approximate surface area is 126 Å². The van der Waals surface area contributed by atoms with E-state index in [1.54, 1.807) is 0 Å². The molecule has 112 valence electrons. The fourth-order valence-electron chi connectivity index (χ4n) is 2.45. The van der Waals surface area contributed by atoms with Crippen molar-refractivity contribution in [3.05, 3.63) is 29.8 Å². The zero-order valence-electron chi connectivity index (χ0n) is 11.9. The molecule has 3 N–H and O–H groups in total. The minimum Gasteiger partial charge on any atom is -0.492 e. The lowest BCUT2D eigenvalue weighted by molar-refractivity contribution is -0.126. The van der Waals surface area contributed by atoms with Crippen molar-refractivity contribution >= 4 is 18.3 Å². The number of ether oxygens (including phenoxy) is 1. The number of hydrogen-bond acceptors (Lipinski definition) is 3. The zero-order chi connectivity index (χ0) is 13.7. The molecular weight excluding hydrogens is 276 g/mol. The number of aryl methyl sites for hydroxylation is 1. The number of hydrogen-bond donors (Lipinski definition) is 2. The summed E-state index contributed by atoms with van der Waals surface area (Å²) in [4.78, 5) is 11.9. The number of rotatable bonds is 5. The molecule has 0 unspecified atom stereocenters. The Hall–Kier alpha value is -1.26. The van der Waals surface area contributed by atoms with Crippen LogP contribution in [0.3, 0.4) is 0 Å². The van der Waals surface area contributed by atoms with E-state index in [4.69, 9.17) is 10.5 Å². The van der Waals surface area contributed by atoms with E-state index in [2.05, 4.69) is 5.32 Å². The van der Waals surface area contributed by atoms with Gasteiger partial charge in [-0.25, -0.2) is 0 Å². The molecule has 1 aliphatic rings. The topological polar surface area (TPSA) is 64.3 Å². The van der Waals surface area contributed by atoms with Crippen molar-refractivity contribution in [3.63, 3.8) is 0 Å². The maximum atomic E-state index is 11.9. The summed E-state index contributed by atoms with van der Waals surface area (Å²) in [5, 5.41) is 2.86. The molecule has 1 fully saturated rings. The first-order valence-electron chi connectivity index (χ1n) is 6.87. The van der Waals surface area contributed by atoms with Gasteiger partial charge in [0.25, 0.3) is 0 Å². The lowest BCUT2D eigenvalue weighted by Crippen LogP contribution is -2.52. The maximum absolute atomic E-state index is 11.9. The molecule has 1 aliphatic carbocycles. The van der Waals surface area contributed by atoms with Gasteiger partial charge in [-0.1, -0.05) is 25.0 Å². The van der Waals surface area contributed by atoms with Gasteiger partial charge in [0.1, 0.15) is 12.4 Å². The highest BCUT2D eigenvalue weighted by Crippen LogP contribution is 2.27. The van der Waals surface area contributed by atoms with Crippen molar-refractivity contribution in [1.29, 1.82) is 0 Å². The number of nitrogens with two attached hydrogens (primary N) is 1. The first kappa shape index (κ1) is 16.8. The minimum atomic E-state index is -0.649. The van der Waals surface area contributed by atoms with E-state index < -0.39 is 5.54 Å². The molecule has 0 spiro atoms. The Morgan fingerprint density at radius 1 is 1.40 bits per heavy atom. The standard InChI is InChI=1S/C15H22N2O2.ClH/c1-12-5-4-6-13(11-12)19-10-9-17-14(18)15(16)7-2-3-8-15;/h4-6,11H,2-3,7-10,16H2,1H3,(H,17,18);1H. The van der Waals surface area contributed by atoms with Crippen LogP contribution in [0.15, 0.2) is 24.3 Å². The van der Waals surface area contributed by atoms with Gasteiger partial charge in [-0.15, -0.1) is 12.4 Å². The SMILES string of the molecule is Cc1cccc(OCCNC(=O)C2(N)CCCC2)c1.Cl. The summed E-state index contributed by atoms with van der Waals surface area (Å²) in [5.74, 6) is 0.787. The monoisotopic (exact) mass is 298 g/mol. The van der Waals surface area contributed by atoms with E-state index in [1.165, 1.54) is 0 Å². The van der Waals surface area contributed by atoms with Gasteiger partial charge in [-0.2, -0.15) is 0 Å². The second-order valence-electron chi connectivity index (χ2n) is 5.28. The van der Waals surface area contributed by atoms with Crippen LogP contribution in [0.2, 0.25) is 0 Å². The highest BCUT2D eigenvalue weighted by molar-refractivity contribution is 5.86. The van der Waals surface area contributed by atoms with Crippen molar-refractivity contribution in [2.24, 2.45) is 5.73 Å². The second kappa shape index (κ2) is 7.50. The van der Waals surface area contributed by atoms with Crippen LogP contribution in [0.5, 0.6) is 5.75 Å². The van der Waals surface area contributed by atoms with Gasteiger partial charge in [-0.3, -0.25) is 4.79 Å². The molecule has 20 heavy (non-hydrogen) atoms. The Kier molecular flexibility index (Phi) is 6.30. The molecular formula is C15H23ClN2O2. The third-order valence-corrected chi connectivity index (χ3v) is 3.59. The number of amides is 1. The summed E-state index contributed by atoms with van der Waals surface area (Å²) >= 11 is 0. The van der Waals surface area contributed by atoms with Crippen LogP contribution < -0.4 is 15.8 Å². The van der Waals surface area contributed by atoms with E-state index in [0.29, 0.717) is 13.2 Å². The first-order valence-corrected chi connectivity index (χ1v) is 6.87. The molecule has 0 aliphatic heterocycles. The summed E-state index contributed by atoms with van der Waals surface area (Å²) in [7, 11) is 0. The largest absolute Gasteiger partial charge is 0.492 e. The Morgan fingerprint density at radius 2 is 2.10 bits per heavy atom. The molecule has 2 rings (SSSR count). The van der Waals surface area contributed by atoms with E-state index in [9.17, 15) is 4.79 Å². The van der Waals surface area contributed by atoms with Crippen molar-refractivity contribution < 1.29 is 9.53 Å². The summed E-state index contributed by atoms with van der Waals surface area (Å²) in [6, 6.07) is 7.86. The summed E-state index contributed by atoms with van der Waals surface area (Å²) in [6.07, 6.45) is 3.67. The van der Waals surface area contributed by atoms with Gasteiger partial charge in [0.15, 0.2) is 0 Å². The Balaban J connectivity index is 0.00000200. The molecule has 0 radical (unpaired) electrons. The Morgan fingerprint density at radius 3 is 2.75 bits per heavy atom. The van der Waals surface area contributed by atoms with Crippen LogP contribution in [0.4, 0.5) is 0 Å². The van der Waals surface area contributed by atoms with Crippen LogP contribution in [0.1, 0.15) is 31.2 Å². The van der Waals surface area contributed by atoms with Crippen molar-refractivity contribution in [2.75, 3.05) is 13.2 Å². The van der Waals surface area contributed by atoms with Gasteiger partial charge in [0.05, 0.1) is 12.1 Å². The second-order valence-corrected chi connectivity index (χ2v) is 5.28. The van der Waals surface area contributed by atoms with Gasteiger partial charge >= 0.3 is 0 Å². The predicted molar refractivity (Wildman–Crippen MR) is 82.3 cm³/mol. The average Bonchev–Trinajstić information content (AvgIpc) is 2.83. The average molecular weight is 299 g/mol. The third-order valence-electron chi connectivity index (χ3n) is 3.59. The van der Waals surface area contributed by atoms with Gasteiger partial charge < -0.3 is 15.8 Å². The summed E-state index contributed by atoms with van der Waals surface area (Å²) < 4.78 is 5.58. The quantitative estimate of drug-likeness (QED) is 0.819. The molecule has 0 heterocycles. The van der Waals surface area contributed by atoms with E-state index in [-0.39, 0.29) is 18.3 Å². The number of halogens is 1. The first-order chi connectivity index (χ1) is 9.10. The predicted octanol–water partition coefficient (Wildman–Crippen LogP) is 2.18. The molecule has 1 saturated carbocycles. The highest BCUT2D eigenvalue weighted by atomic mass is 35.5. The highest BCUT2D eigenvalue weighted by Gasteiger charge is 2.36. The fourth-order valence-corrected chi connectivity index (χ4v) is 2.45. The molecule has 1 aromatic carbocycles. The molecule has 0 aromatic heterocycles. The van der Waals surface area contributed by atoms with Crippen LogP contribution >= 0.6 is 12.4 Å². The number of carbonyl (C=O) groups excluding carboxylic acids is 1. The molecule has 1 aromatic rings. The lowest BCUT2D eigenvalue weighted by Gasteiger charge is -2.22. The summed E-state index contributed by atoms with van der Waals surface area (Å²) in [6.45, 7) is 2.98. The number of nitrogens with one attached hydrogen (secondary N) is 1. The molecule has 4 nitrogen and oxygen atoms in total. The third kappa shape index (κ3) is 4.39. The van der Waals surface area contributed by atoms with E-state index in [1.807, 2.05) is 31.2 Å². The van der Waals surface area contributed by atoms with Gasteiger partial charge in [0, 0.05) is 0 Å². The van der Waals surface area contributed by atoms with Crippen LogP contribution in [-0.4, -0.2) is 24.6 Å². The Bertz CT molecular complexity index is 445. The maximum Gasteiger partial charge on any atom is 0.240 e. The van der Waals surface area contributed by atoms with Crippen molar-refractivity contribution in [2.45, 2.75) is 38.1 Å². The van der Waals surface area contributed by atoms with E-state index in [0.717, 1.165) is 37.0 Å². The van der Waals surface area contributed by atoms with E-state index >= 15 is 0 Å². The van der Waals surface area contributed by atoms with Crippen LogP contribution in [-0.2, 0) is 4.79 Å². The number of carbonyl (C=O) groups is 1. The molecule has 5 heteroatoms. The van der Waals surface area contributed by atoms with Gasteiger partial charge in [-0.05, 0) is 37.5 Å². The molecule has 0 bridgehead atoms. The van der Waals surface area contributed by atoms with Crippen molar-refractivity contribution in [1.82, 2.24) is 5.32 Å². The van der Waals surface area contributed by atoms with Gasteiger partial charge in [0.2, 0.25) is 5.91 Å². The normalized spacial score (nSPS) is 16.3. The smallest absolute Gasteiger partial charge is 0.240 e. The fraction of sp³-hybridized carbons (Fsp3) is 0.533. The summed E-state index contributed by atoms with van der Waals surface area (Å²) in [5.41, 5.74) is 6.57. The van der Waals surface area contributed by atoms with Crippen LogP contribution in [0.25, 0.3) is 0 Å². The zero-order valence-corrected chi connectivity index (χ0v) is 12.7. The minimum absolute atomic E-state index is 0. The molecule has 0 saturated heterocycles. The van der Waals surface area contributed by atoms with Crippen molar-refractivity contribution in [3.8, 4) is 5.75 Å². The lowest BCUT2D eigenvalue weighted by atomic mass is 9.98. The van der Waals surface area contributed by atoms with Crippen LogP contribution in [0, 0.1) is 6.92 Å². The number of benzene rings is 1. The molecule has 0 atom stereocenters. The molecule has 1 amide bonds.